The van der Waals surface area contributed by atoms with E-state index < -0.39 is 11.2 Å². The Morgan fingerprint density at radius 3 is 1.96 bits per heavy atom. The molecular formula is C61H100FN3O3. The molecule has 4 rings (SSSR count). The fourth-order valence-electron chi connectivity index (χ4n) is 9.06. The third-order valence-electron chi connectivity index (χ3n) is 13.6. The number of halogens is 1. The number of rotatable bonds is 22. The van der Waals surface area contributed by atoms with Crippen LogP contribution in [0.25, 0.3) is 5.57 Å². The van der Waals surface area contributed by atoms with Crippen LogP contribution in [0.5, 0.6) is 0 Å². The zero-order valence-electron chi connectivity index (χ0n) is 46.9. The lowest BCUT2D eigenvalue weighted by Crippen LogP contribution is -2.50. The van der Waals surface area contributed by atoms with Crippen LogP contribution in [0, 0.1) is 28.6 Å². The van der Waals surface area contributed by atoms with Crippen LogP contribution in [0.4, 0.5) is 10.1 Å². The summed E-state index contributed by atoms with van der Waals surface area (Å²) in [6, 6.07) is 6.77. The first-order chi connectivity index (χ1) is 31.9. The highest BCUT2D eigenvalue weighted by Crippen LogP contribution is 2.52. The van der Waals surface area contributed by atoms with Gasteiger partial charge in [0.2, 0.25) is 5.91 Å². The molecule has 0 atom stereocenters. The Morgan fingerprint density at radius 1 is 0.956 bits per heavy atom. The first-order valence-electron chi connectivity index (χ1n) is 26.6. The van der Waals surface area contributed by atoms with Crippen LogP contribution >= 0.6 is 0 Å². The molecule has 1 amide bonds. The zero-order chi connectivity index (χ0) is 52.0. The van der Waals surface area contributed by atoms with Gasteiger partial charge in [0.15, 0.2) is 0 Å². The number of nitrogens with one attached hydrogen (secondary N) is 1. The molecule has 3 aliphatic rings. The number of ether oxygens (including phenoxy) is 1. The van der Waals surface area contributed by atoms with Gasteiger partial charge in [0.05, 0.1) is 35.4 Å². The number of aliphatic imine (C=N–C) groups is 1. The van der Waals surface area contributed by atoms with E-state index in [0.29, 0.717) is 41.9 Å². The summed E-state index contributed by atoms with van der Waals surface area (Å²) in [5.41, 5.74) is 7.92. The SMILES string of the molecule is C=C/C(F)=C(\C=C(/C)CC)N/C(C)=C(C)/C(=C\C(=C)c1ccc2c(c1)N(C1CC(CCC)C1)C(=O)C2(CCC)CCC)N=CCC.CC(C)C.CC(C)C(=O)C1(C)COC1.CCCC(C)(C)CC. The molecule has 1 N–H and O–H groups in total. The highest BCUT2D eigenvalue weighted by molar-refractivity contribution is 6.09. The highest BCUT2D eigenvalue weighted by Gasteiger charge is 2.53. The van der Waals surface area contributed by atoms with Crippen LogP contribution in [0.15, 0.2) is 88.6 Å². The number of anilines is 1. The minimum atomic E-state index is -0.445. The molecule has 6 nitrogen and oxygen atoms in total. The van der Waals surface area contributed by atoms with Gasteiger partial charge in [-0.3, -0.25) is 14.6 Å². The van der Waals surface area contributed by atoms with E-state index in [1.807, 2.05) is 66.8 Å². The molecule has 0 aromatic heterocycles. The second-order valence-electron chi connectivity index (χ2n) is 21.8. The number of ketones is 1. The van der Waals surface area contributed by atoms with Crippen molar-refractivity contribution in [3.63, 3.8) is 0 Å². The first kappa shape index (κ1) is 62.2. The van der Waals surface area contributed by atoms with Gasteiger partial charge in [-0.2, -0.15) is 0 Å². The average molecular weight is 942 g/mol. The normalized spacial score (nSPS) is 19.2. The predicted octanol–water partition coefficient (Wildman–Crippen LogP) is 17.6. The minimum absolute atomic E-state index is 0.147. The molecule has 1 saturated carbocycles. The minimum Gasteiger partial charge on any atom is -0.379 e. The second-order valence-corrected chi connectivity index (χ2v) is 21.8. The van der Waals surface area contributed by atoms with Crippen LogP contribution in [-0.4, -0.2) is 37.2 Å². The van der Waals surface area contributed by atoms with Crippen LogP contribution in [0.1, 0.15) is 219 Å². The van der Waals surface area contributed by atoms with Crippen molar-refractivity contribution < 1.29 is 18.7 Å². The monoisotopic (exact) mass is 942 g/mol. The Labute approximate surface area is 417 Å². The number of nitrogens with zero attached hydrogens (tertiary/aromatic N) is 2. The molecular weight excluding hydrogens is 842 g/mol. The van der Waals surface area contributed by atoms with E-state index >= 15 is 0 Å². The summed E-state index contributed by atoms with van der Waals surface area (Å²) in [6.45, 7) is 47.5. The Balaban J connectivity index is 0.000000856. The highest BCUT2D eigenvalue weighted by atomic mass is 19.1. The Morgan fingerprint density at radius 2 is 1.54 bits per heavy atom. The van der Waals surface area contributed by atoms with Crippen LogP contribution < -0.4 is 10.2 Å². The largest absolute Gasteiger partial charge is 0.379 e. The van der Waals surface area contributed by atoms with Gasteiger partial charge < -0.3 is 15.0 Å². The lowest BCUT2D eigenvalue weighted by atomic mass is 9.73. The van der Waals surface area contributed by atoms with Crippen molar-refractivity contribution in [2.45, 2.75) is 220 Å². The van der Waals surface area contributed by atoms with Gasteiger partial charge in [0.1, 0.15) is 11.6 Å². The Hall–Kier alpha value is -3.84. The van der Waals surface area contributed by atoms with Crippen molar-refractivity contribution in [2.75, 3.05) is 18.1 Å². The topological polar surface area (TPSA) is 71.0 Å². The van der Waals surface area contributed by atoms with Crippen molar-refractivity contribution in [1.29, 1.82) is 0 Å². The van der Waals surface area contributed by atoms with E-state index in [4.69, 9.17) is 9.73 Å². The fourth-order valence-corrected chi connectivity index (χ4v) is 9.06. The maximum atomic E-state index is 14.8. The molecule has 2 aliphatic heterocycles. The number of carbonyl (C=O) groups is 2. The standard InChI is InChI=1S/C41H58FN3O.C8H14O2.C8H18.C4H10/c1-11-17-32-25-34(26-32)45-39-27-33(18-19-35(39)41(20-12-2,21-13-3)40(45)46)29(8)24-37(43-22-14-4)30(9)31(10)44-38(36(42)16-6)23-28(7)15-5;1-6(2)7(9)8(3)4-10-5-8;1-5-7-8(3,4)6-2;1-4(2)3/h16,18-19,22-24,27,32,34,44H,6,8,11-15,17,20-21,25-26H2,1-5,7,9-10H3;6H,4-5H2,1-3H3;5-7H2,1-4H3;4H,1-3H3/b28-23+,31-30+,37-24+,38-36-,43-22?;;;. The molecule has 1 aromatic carbocycles. The van der Waals surface area contributed by atoms with Gasteiger partial charge in [-0.05, 0) is 136 Å². The summed E-state index contributed by atoms with van der Waals surface area (Å²) >= 11 is 0. The lowest BCUT2D eigenvalue weighted by molar-refractivity contribution is -0.158. The number of allylic oxidation sites excluding steroid dienone is 8. The van der Waals surface area contributed by atoms with Gasteiger partial charge in [-0.15, -0.1) is 0 Å². The van der Waals surface area contributed by atoms with Gasteiger partial charge in [-0.1, -0.05) is 166 Å². The van der Waals surface area contributed by atoms with E-state index in [1.54, 1.807) is 0 Å². The van der Waals surface area contributed by atoms with Crippen molar-refractivity contribution in [3.05, 3.63) is 94.8 Å². The number of hydrogen-bond acceptors (Lipinski definition) is 5. The fraction of sp³-hybridized carbons (Fsp3) is 0.656. The van der Waals surface area contributed by atoms with E-state index in [2.05, 4.69) is 118 Å². The summed E-state index contributed by atoms with van der Waals surface area (Å²) in [4.78, 5) is 32.7. The smallest absolute Gasteiger partial charge is 0.237 e. The molecule has 1 aliphatic carbocycles. The molecule has 0 bridgehead atoms. The quantitative estimate of drug-likeness (QED) is 0.0929. The summed E-state index contributed by atoms with van der Waals surface area (Å²) in [5.74, 6) is 1.91. The molecule has 0 radical (unpaired) electrons. The van der Waals surface area contributed by atoms with Crippen molar-refractivity contribution in [1.82, 2.24) is 5.32 Å². The molecule has 2 heterocycles. The predicted molar refractivity (Wildman–Crippen MR) is 295 cm³/mol. The van der Waals surface area contributed by atoms with Gasteiger partial charge in [0.25, 0.3) is 0 Å². The lowest BCUT2D eigenvalue weighted by Gasteiger charge is -2.42. The molecule has 7 heteroatoms. The maximum Gasteiger partial charge on any atom is 0.237 e. The molecule has 2 fully saturated rings. The number of fused-ring (bicyclic) bond motifs is 1. The van der Waals surface area contributed by atoms with E-state index in [-0.39, 0.29) is 17.4 Å². The number of Topliss-reactive ketones (excluding diaryl/α,β-unsaturated/α-hetero) is 1. The molecule has 0 unspecified atom stereocenters. The van der Waals surface area contributed by atoms with Gasteiger partial charge in [-0.25, -0.2) is 4.39 Å². The van der Waals surface area contributed by atoms with Crippen molar-refractivity contribution >= 4 is 29.2 Å². The summed E-state index contributed by atoms with van der Waals surface area (Å²) < 4.78 is 19.8. The number of amides is 1. The Kier molecular flexibility index (Phi) is 27.5. The van der Waals surface area contributed by atoms with Crippen LogP contribution in [0.3, 0.4) is 0 Å². The number of hydrogen-bond donors (Lipinski definition) is 1. The summed E-state index contributed by atoms with van der Waals surface area (Å²) in [6.07, 6.45) is 20.8. The van der Waals surface area contributed by atoms with Crippen molar-refractivity contribution in [2.24, 2.45) is 33.6 Å². The Bertz CT molecular complexity index is 1920. The van der Waals surface area contributed by atoms with Gasteiger partial charge in [0, 0.05) is 29.6 Å². The maximum absolute atomic E-state index is 14.8. The molecule has 68 heavy (non-hydrogen) atoms. The molecule has 384 valence electrons. The van der Waals surface area contributed by atoms with E-state index in [0.717, 1.165) is 96.6 Å². The third kappa shape index (κ3) is 18.2. The van der Waals surface area contributed by atoms with E-state index in [1.165, 1.54) is 43.7 Å². The first-order valence-corrected chi connectivity index (χ1v) is 26.6. The number of benzene rings is 1. The zero-order valence-corrected chi connectivity index (χ0v) is 46.9. The second kappa shape index (κ2) is 30.0. The van der Waals surface area contributed by atoms with E-state index in [9.17, 15) is 14.0 Å². The summed E-state index contributed by atoms with van der Waals surface area (Å²) in [7, 11) is 0. The third-order valence-corrected chi connectivity index (χ3v) is 13.6. The van der Waals surface area contributed by atoms with Gasteiger partial charge >= 0.3 is 0 Å². The van der Waals surface area contributed by atoms with Crippen LogP contribution in [-0.2, 0) is 19.7 Å². The molecule has 1 aromatic rings. The number of carbonyl (C=O) groups excluding carboxylic acids is 2. The average Bonchev–Trinajstić information content (AvgIpc) is 3.49. The summed E-state index contributed by atoms with van der Waals surface area (Å²) in [5, 5.41) is 3.27. The van der Waals surface area contributed by atoms with Crippen molar-refractivity contribution in [3.8, 4) is 0 Å². The van der Waals surface area contributed by atoms with Crippen LogP contribution in [0.2, 0.25) is 0 Å². The molecule has 1 saturated heterocycles. The molecule has 0 spiro atoms.